The number of benzene rings is 1. The molecule has 0 heterocycles. The van der Waals surface area contributed by atoms with Crippen LogP contribution in [0.15, 0.2) is 18.2 Å². The molecule has 0 fully saturated rings. The first-order valence-electron chi connectivity index (χ1n) is 3.74. The van der Waals surface area contributed by atoms with E-state index in [2.05, 4.69) is 4.94 Å². The van der Waals surface area contributed by atoms with E-state index in [4.69, 9.17) is 20.2 Å². The first-order chi connectivity index (χ1) is 7.40. The third kappa shape index (κ3) is 7.59. The SMILES string of the molecule is O=C(O)c1cccc(I)c1OF.OB(O)O.[H-].[Li+]. The van der Waals surface area contributed by atoms with Crippen molar-refractivity contribution < 1.29 is 54.7 Å². The summed E-state index contributed by atoms with van der Waals surface area (Å²) in [6.45, 7) is 0. The van der Waals surface area contributed by atoms with Crippen molar-refractivity contribution in [1.29, 1.82) is 0 Å². The Morgan fingerprint density at radius 3 is 2.18 bits per heavy atom. The first kappa shape index (κ1) is 19.0. The predicted molar refractivity (Wildman–Crippen MR) is 61.4 cm³/mol. The van der Waals surface area contributed by atoms with Gasteiger partial charge in [0.25, 0.3) is 0 Å². The summed E-state index contributed by atoms with van der Waals surface area (Å²) >= 11 is 1.79. The van der Waals surface area contributed by atoms with Crippen molar-refractivity contribution in [2.75, 3.05) is 0 Å². The number of carbonyl (C=O) groups is 1. The molecule has 0 saturated carbocycles. The molecule has 1 aromatic carbocycles. The molecule has 0 aromatic heterocycles. The fraction of sp³-hybridized carbons (Fsp3) is 0. The third-order valence-corrected chi connectivity index (χ3v) is 2.12. The van der Waals surface area contributed by atoms with Crippen LogP contribution in [0.2, 0.25) is 0 Å². The summed E-state index contributed by atoms with van der Waals surface area (Å²) in [5.74, 6) is -1.45. The molecule has 0 radical (unpaired) electrons. The number of halogens is 2. The molecular weight excluding hydrogens is 344 g/mol. The molecule has 0 amide bonds. The van der Waals surface area contributed by atoms with Crippen LogP contribution in [0.3, 0.4) is 0 Å². The zero-order chi connectivity index (χ0) is 12.7. The molecule has 0 atom stereocenters. The zero-order valence-electron chi connectivity index (χ0n) is 9.67. The summed E-state index contributed by atoms with van der Waals surface area (Å²) in [5.41, 5.74) is -0.176. The van der Waals surface area contributed by atoms with Crippen LogP contribution in [0.5, 0.6) is 5.75 Å². The maximum Gasteiger partial charge on any atom is 1.00 e. The second kappa shape index (κ2) is 9.69. The van der Waals surface area contributed by atoms with Gasteiger partial charge in [0.15, 0.2) is 5.75 Å². The van der Waals surface area contributed by atoms with Gasteiger partial charge in [-0.2, -0.15) is 0 Å². The van der Waals surface area contributed by atoms with Gasteiger partial charge >= 0.3 is 32.2 Å². The maximum atomic E-state index is 11.8. The van der Waals surface area contributed by atoms with Gasteiger partial charge in [0.2, 0.25) is 0 Å². The minimum atomic E-state index is -2.17. The van der Waals surface area contributed by atoms with E-state index in [1.165, 1.54) is 12.1 Å². The van der Waals surface area contributed by atoms with Gasteiger partial charge in [-0.1, -0.05) is 6.07 Å². The van der Waals surface area contributed by atoms with Gasteiger partial charge in [0.05, 0.1) is 3.57 Å². The number of carboxylic acid groups (broad SMARTS) is 1. The average Bonchev–Trinajstić information content (AvgIpc) is 2.16. The molecule has 6 nitrogen and oxygen atoms in total. The van der Waals surface area contributed by atoms with Crippen molar-refractivity contribution in [1.82, 2.24) is 0 Å². The van der Waals surface area contributed by atoms with E-state index >= 15 is 0 Å². The molecule has 17 heavy (non-hydrogen) atoms. The van der Waals surface area contributed by atoms with Gasteiger partial charge in [-0.05, 0) is 34.7 Å². The molecule has 0 unspecified atom stereocenters. The van der Waals surface area contributed by atoms with E-state index in [-0.39, 0.29) is 31.6 Å². The second-order valence-corrected chi connectivity index (χ2v) is 3.51. The Bertz CT molecular complexity index is 369. The number of carboxylic acids is 1. The summed E-state index contributed by atoms with van der Waals surface area (Å²) < 4.78 is 12.3. The van der Waals surface area contributed by atoms with Gasteiger partial charge in [-0.3, -0.25) is 4.94 Å². The molecule has 90 valence electrons. The third-order valence-electron chi connectivity index (χ3n) is 1.27. The topological polar surface area (TPSA) is 107 Å². The normalized spacial score (nSPS) is 8.29. The number of para-hydroxylation sites is 1. The van der Waals surface area contributed by atoms with E-state index in [0.29, 0.717) is 3.57 Å². The number of aromatic carboxylic acids is 1. The summed E-state index contributed by atoms with van der Waals surface area (Å²) in [6, 6.07) is 4.36. The van der Waals surface area contributed by atoms with Crippen LogP contribution >= 0.6 is 22.6 Å². The fourth-order valence-electron chi connectivity index (χ4n) is 0.756. The van der Waals surface area contributed by atoms with Crippen molar-refractivity contribution in [2.45, 2.75) is 0 Å². The van der Waals surface area contributed by atoms with Crippen LogP contribution in [0.4, 0.5) is 4.53 Å². The minimum Gasteiger partial charge on any atom is -1.00 e. The monoisotopic (exact) mass is 352 g/mol. The van der Waals surface area contributed by atoms with Crippen LogP contribution < -0.4 is 23.8 Å². The Hall–Kier alpha value is -0.308. The molecule has 10 heteroatoms. The van der Waals surface area contributed by atoms with Crippen molar-refractivity contribution in [3.05, 3.63) is 27.3 Å². The standard InChI is InChI=1S/C7H4FIO3.BH3O3.Li.H/c8-12-6-4(7(10)11)2-1-3-5(6)9;2-1(3)4;;/h1-3H,(H,10,11);2-4H;;/q;;+1;-1. The molecule has 0 bridgehead atoms. The summed E-state index contributed by atoms with van der Waals surface area (Å²) in [4.78, 5) is 13.9. The van der Waals surface area contributed by atoms with E-state index < -0.39 is 13.3 Å². The summed E-state index contributed by atoms with van der Waals surface area (Å²) in [5, 5.41) is 30.1. The second-order valence-electron chi connectivity index (χ2n) is 2.35. The van der Waals surface area contributed by atoms with Gasteiger partial charge in [0, 0.05) is 4.53 Å². The largest absolute Gasteiger partial charge is 1.00 e. The molecule has 1 aromatic rings. The van der Waals surface area contributed by atoms with Gasteiger partial charge in [-0.15, -0.1) is 0 Å². The van der Waals surface area contributed by atoms with Crippen molar-refractivity contribution in [3.8, 4) is 5.75 Å². The Morgan fingerprint density at radius 2 is 1.88 bits per heavy atom. The number of hydrogen-bond donors (Lipinski definition) is 4. The van der Waals surface area contributed by atoms with Crippen LogP contribution in [0.1, 0.15) is 11.8 Å². The van der Waals surface area contributed by atoms with E-state index in [0.717, 1.165) is 0 Å². The molecule has 4 N–H and O–H groups in total. The minimum absolute atomic E-state index is 0. The molecule has 0 aliphatic rings. The van der Waals surface area contributed by atoms with Crippen LogP contribution in [-0.2, 0) is 0 Å². The Balaban J connectivity index is -0.000000332. The average molecular weight is 352 g/mol. The Labute approximate surface area is 123 Å². The van der Waals surface area contributed by atoms with Crippen LogP contribution in [0, 0.1) is 3.57 Å². The Kier molecular flexibility index (Phi) is 10.9. The molecule has 0 spiro atoms. The molecule has 1 rings (SSSR count). The van der Waals surface area contributed by atoms with Gasteiger partial charge in [0.1, 0.15) is 5.56 Å². The summed E-state index contributed by atoms with van der Waals surface area (Å²) in [7, 11) is -2.17. The zero-order valence-corrected chi connectivity index (χ0v) is 10.8. The van der Waals surface area contributed by atoms with Crippen molar-refractivity contribution >= 4 is 35.9 Å². The fourth-order valence-corrected chi connectivity index (χ4v) is 1.34. The molecule has 0 aliphatic heterocycles. The predicted octanol–water partition coefficient (Wildman–Crippen LogP) is -2.68. The maximum absolute atomic E-state index is 11.8. The quantitative estimate of drug-likeness (QED) is 0.342. The summed E-state index contributed by atoms with van der Waals surface area (Å²) in [6.07, 6.45) is 0. The van der Waals surface area contributed by atoms with E-state index in [1.807, 2.05) is 0 Å². The Morgan fingerprint density at radius 1 is 1.41 bits per heavy atom. The van der Waals surface area contributed by atoms with Crippen LogP contribution in [-0.4, -0.2) is 33.5 Å². The number of hydrogen-bond acceptors (Lipinski definition) is 5. The van der Waals surface area contributed by atoms with Crippen LogP contribution in [0.25, 0.3) is 0 Å². The van der Waals surface area contributed by atoms with Gasteiger partial charge < -0.3 is 21.6 Å². The number of rotatable bonds is 2. The molecule has 0 saturated heterocycles. The van der Waals surface area contributed by atoms with Crippen molar-refractivity contribution in [2.24, 2.45) is 0 Å². The molecular formula is C7H8BFILiO6. The van der Waals surface area contributed by atoms with E-state index in [1.54, 1.807) is 28.7 Å². The van der Waals surface area contributed by atoms with Gasteiger partial charge in [-0.25, -0.2) is 4.79 Å². The smallest absolute Gasteiger partial charge is 1.00 e. The van der Waals surface area contributed by atoms with E-state index in [9.17, 15) is 9.32 Å². The first-order valence-corrected chi connectivity index (χ1v) is 4.82. The molecule has 0 aliphatic carbocycles. The van der Waals surface area contributed by atoms with Crippen molar-refractivity contribution in [3.63, 3.8) is 0 Å².